The number of ketones is 1. The Bertz CT molecular complexity index is 336. The molecule has 0 unspecified atom stereocenters. The summed E-state index contributed by atoms with van der Waals surface area (Å²) in [7, 11) is 0. The van der Waals surface area contributed by atoms with Crippen LogP contribution in [0, 0.1) is 0 Å². The number of allylic oxidation sites excluding steroid dienone is 1. The summed E-state index contributed by atoms with van der Waals surface area (Å²) in [5.74, 6) is 1.52. The molecular weight excluding hydrogens is 200 g/mol. The van der Waals surface area contributed by atoms with E-state index >= 15 is 0 Å². The van der Waals surface area contributed by atoms with Crippen LogP contribution in [0.2, 0.25) is 0 Å². The molecule has 0 saturated carbocycles. The largest absolute Gasteiger partial charge is 0.458 e. The van der Waals surface area contributed by atoms with Crippen LogP contribution < -0.4 is 0 Å². The van der Waals surface area contributed by atoms with E-state index in [0.29, 0.717) is 12.2 Å². The van der Waals surface area contributed by atoms with Crippen molar-refractivity contribution < 1.29 is 9.21 Å². The van der Waals surface area contributed by atoms with E-state index in [4.69, 9.17) is 4.42 Å². The van der Waals surface area contributed by atoms with Gasteiger partial charge in [0.05, 0.1) is 0 Å². The zero-order chi connectivity index (χ0) is 11.8. The van der Waals surface area contributed by atoms with Gasteiger partial charge in [0.2, 0.25) is 0 Å². The van der Waals surface area contributed by atoms with E-state index < -0.39 is 0 Å². The lowest BCUT2D eigenvalue weighted by Crippen LogP contribution is -1.96. The highest BCUT2D eigenvalue weighted by Crippen LogP contribution is 2.13. The molecule has 16 heavy (non-hydrogen) atoms. The molecule has 88 valence electrons. The van der Waals surface area contributed by atoms with E-state index in [-0.39, 0.29) is 5.78 Å². The first kappa shape index (κ1) is 12.8. The first-order chi connectivity index (χ1) is 7.77. The van der Waals surface area contributed by atoms with Crippen molar-refractivity contribution in [3.8, 4) is 0 Å². The number of rotatable bonds is 8. The Kier molecular flexibility index (Phi) is 5.62. The molecule has 0 saturated heterocycles. The summed E-state index contributed by atoms with van der Waals surface area (Å²) in [5.41, 5.74) is 0. The van der Waals surface area contributed by atoms with Gasteiger partial charge in [-0.2, -0.15) is 0 Å². The Morgan fingerprint density at radius 3 is 2.81 bits per heavy atom. The summed E-state index contributed by atoms with van der Waals surface area (Å²) in [6.45, 7) is 5.69. The smallest absolute Gasteiger partial charge is 0.197 e. The van der Waals surface area contributed by atoms with E-state index in [1.54, 1.807) is 6.07 Å². The molecule has 0 fully saturated rings. The van der Waals surface area contributed by atoms with Crippen molar-refractivity contribution in [3.63, 3.8) is 0 Å². The summed E-state index contributed by atoms with van der Waals surface area (Å²) in [5, 5.41) is 0. The molecule has 0 N–H and O–H groups in total. The van der Waals surface area contributed by atoms with Crippen LogP contribution in [0.25, 0.3) is 0 Å². The molecule has 0 aromatic carbocycles. The summed E-state index contributed by atoms with van der Waals surface area (Å²) < 4.78 is 5.41. The molecule has 2 heteroatoms. The Morgan fingerprint density at radius 2 is 2.19 bits per heavy atom. The minimum absolute atomic E-state index is 0.123. The third kappa shape index (κ3) is 4.05. The standard InChI is InChI=1S/C14H20O2/c1-3-5-6-7-8-9-13(15)14-11-10-12(4-2)16-14/h3,10-11H,1,4-9H2,2H3. The van der Waals surface area contributed by atoms with Crippen LogP contribution in [0.15, 0.2) is 29.2 Å². The van der Waals surface area contributed by atoms with Crippen LogP contribution in [0.3, 0.4) is 0 Å². The number of unbranched alkanes of at least 4 members (excludes halogenated alkanes) is 3. The van der Waals surface area contributed by atoms with E-state index in [1.807, 2.05) is 19.1 Å². The Morgan fingerprint density at radius 1 is 1.38 bits per heavy atom. The van der Waals surface area contributed by atoms with Crippen molar-refractivity contribution in [2.75, 3.05) is 0 Å². The van der Waals surface area contributed by atoms with Crippen LogP contribution in [0.1, 0.15) is 55.3 Å². The highest BCUT2D eigenvalue weighted by atomic mass is 16.3. The normalized spacial score (nSPS) is 10.3. The van der Waals surface area contributed by atoms with Gasteiger partial charge in [0.25, 0.3) is 0 Å². The Hall–Kier alpha value is -1.31. The Balaban J connectivity index is 2.26. The van der Waals surface area contributed by atoms with Gasteiger partial charge in [0, 0.05) is 12.8 Å². The maximum atomic E-state index is 11.7. The third-order valence-corrected chi connectivity index (χ3v) is 2.60. The van der Waals surface area contributed by atoms with Gasteiger partial charge in [0.1, 0.15) is 5.76 Å². The SMILES string of the molecule is C=CCCCCCC(=O)c1ccc(CC)o1. The summed E-state index contributed by atoms with van der Waals surface area (Å²) in [6.07, 6.45) is 7.53. The molecule has 0 radical (unpaired) electrons. The van der Waals surface area contributed by atoms with E-state index in [2.05, 4.69) is 6.58 Å². The fourth-order valence-electron chi connectivity index (χ4n) is 1.59. The lowest BCUT2D eigenvalue weighted by Gasteiger charge is -1.97. The van der Waals surface area contributed by atoms with Crippen molar-refractivity contribution >= 4 is 5.78 Å². The zero-order valence-corrected chi connectivity index (χ0v) is 10.00. The van der Waals surface area contributed by atoms with E-state index in [0.717, 1.165) is 37.9 Å². The van der Waals surface area contributed by atoms with Gasteiger partial charge in [-0.15, -0.1) is 6.58 Å². The topological polar surface area (TPSA) is 30.2 Å². The minimum Gasteiger partial charge on any atom is -0.458 e. The number of aryl methyl sites for hydroxylation is 1. The van der Waals surface area contributed by atoms with Crippen LogP contribution in [0.4, 0.5) is 0 Å². The average Bonchev–Trinajstić information content (AvgIpc) is 2.77. The quantitative estimate of drug-likeness (QED) is 0.374. The third-order valence-electron chi connectivity index (χ3n) is 2.60. The van der Waals surface area contributed by atoms with Crippen LogP contribution in [0.5, 0.6) is 0 Å². The van der Waals surface area contributed by atoms with E-state index in [9.17, 15) is 4.79 Å². The predicted molar refractivity (Wildman–Crippen MR) is 65.7 cm³/mol. The van der Waals surface area contributed by atoms with Crippen molar-refractivity contribution in [1.29, 1.82) is 0 Å². The second-order valence-corrected chi connectivity index (χ2v) is 3.93. The van der Waals surface area contributed by atoms with Crippen molar-refractivity contribution in [3.05, 3.63) is 36.3 Å². The average molecular weight is 220 g/mol. The second kappa shape index (κ2) is 7.04. The van der Waals surface area contributed by atoms with E-state index in [1.165, 1.54) is 0 Å². The zero-order valence-electron chi connectivity index (χ0n) is 10.00. The van der Waals surface area contributed by atoms with Crippen molar-refractivity contribution in [1.82, 2.24) is 0 Å². The van der Waals surface area contributed by atoms with Gasteiger partial charge in [-0.25, -0.2) is 0 Å². The lowest BCUT2D eigenvalue weighted by atomic mass is 10.1. The molecule has 0 atom stereocenters. The molecule has 0 spiro atoms. The molecule has 1 heterocycles. The number of Topliss-reactive ketones (excluding diaryl/α,β-unsaturated/α-hetero) is 1. The highest BCUT2D eigenvalue weighted by molar-refractivity contribution is 5.93. The van der Waals surface area contributed by atoms with Gasteiger partial charge in [-0.05, 0) is 31.4 Å². The van der Waals surface area contributed by atoms with Crippen molar-refractivity contribution in [2.24, 2.45) is 0 Å². The number of carbonyl (C=O) groups excluding carboxylic acids is 1. The first-order valence-electron chi connectivity index (χ1n) is 6.00. The van der Waals surface area contributed by atoms with Gasteiger partial charge in [0.15, 0.2) is 11.5 Å². The monoisotopic (exact) mass is 220 g/mol. The summed E-state index contributed by atoms with van der Waals surface area (Å²) >= 11 is 0. The van der Waals surface area contributed by atoms with Crippen molar-refractivity contribution in [2.45, 2.75) is 45.4 Å². The predicted octanol–water partition coefficient (Wildman–Crippen LogP) is 4.16. The fourth-order valence-corrected chi connectivity index (χ4v) is 1.59. The number of furan rings is 1. The molecule has 0 amide bonds. The molecule has 0 aliphatic rings. The summed E-state index contributed by atoms with van der Waals surface area (Å²) in [6, 6.07) is 3.66. The molecule has 0 aliphatic heterocycles. The maximum absolute atomic E-state index is 11.7. The van der Waals surface area contributed by atoms with Crippen LogP contribution in [-0.2, 0) is 6.42 Å². The van der Waals surface area contributed by atoms with Crippen LogP contribution >= 0.6 is 0 Å². The van der Waals surface area contributed by atoms with Crippen LogP contribution in [-0.4, -0.2) is 5.78 Å². The van der Waals surface area contributed by atoms with Gasteiger partial charge >= 0.3 is 0 Å². The molecule has 1 rings (SSSR count). The Labute approximate surface area is 97.3 Å². The fraction of sp³-hybridized carbons (Fsp3) is 0.500. The number of hydrogen-bond acceptors (Lipinski definition) is 2. The minimum atomic E-state index is 0.123. The number of hydrogen-bond donors (Lipinski definition) is 0. The lowest BCUT2D eigenvalue weighted by molar-refractivity contribution is 0.0950. The molecular formula is C14H20O2. The molecule has 2 nitrogen and oxygen atoms in total. The molecule has 0 aliphatic carbocycles. The van der Waals surface area contributed by atoms with Gasteiger partial charge in [-0.3, -0.25) is 4.79 Å². The number of carbonyl (C=O) groups is 1. The molecule has 0 bridgehead atoms. The maximum Gasteiger partial charge on any atom is 0.197 e. The summed E-state index contributed by atoms with van der Waals surface area (Å²) in [4.78, 5) is 11.7. The van der Waals surface area contributed by atoms with Gasteiger partial charge in [-0.1, -0.05) is 19.4 Å². The first-order valence-corrected chi connectivity index (χ1v) is 6.00. The molecule has 1 aromatic rings. The second-order valence-electron chi connectivity index (χ2n) is 3.93. The highest BCUT2D eigenvalue weighted by Gasteiger charge is 2.09. The molecule has 1 aromatic heterocycles. The van der Waals surface area contributed by atoms with Gasteiger partial charge < -0.3 is 4.42 Å².